The van der Waals surface area contributed by atoms with Crippen LogP contribution in [0.2, 0.25) is 0 Å². The summed E-state index contributed by atoms with van der Waals surface area (Å²) in [5.74, 6) is 0.638. The summed E-state index contributed by atoms with van der Waals surface area (Å²) in [7, 11) is 0. The molecule has 0 aliphatic rings. The fourth-order valence-electron chi connectivity index (χ4n) is 4.14. The monoisotopic (exact) mass is 490 g/mol. The highest BCUT2D eigenvalue weighted by Gasteiger charge is 2.11. The fraction of sp³-hybridized carbons (Fsp3) is 0.406. The van der Waals surface area contributed by atoms with E-state index in [2.05, 4.69) is 13.8 Å². The molecule has 0 amide bonds. The van der Waals surface area contributed by atoms with Gasteiger partial charge in [0.1, 0.15) is 17.3 Å². The van der Waals surface area contributed by atoms with Gasteiger partial charge in [-0.2, -0.15) is 0 Å². The Kier molecular flexibility index (Phi) is 11.5. The molecule has 3 aromatic carbocycles. The van der Waals surface area contributed by atoms with Gasteiger partial charge in [0.25, 0.3) is 0 Å². The van der Waals surface area contributed by atoms with Gasteiger partial charge in [-0.3, -0.25) is 0 Å². The molecule has 0 spiro atoms. The fourth-order valence-corrected chi connectivity index (χ4v) is 4.14. The smallest absolute Gasteiger partial charge is 0.343 e. The van der Waals surface area contributed by atoms with Crippen LogP contribution in [0.4, 0.5) is 4.39 Å². The number of hydrogen-bond donors (Lipinski definition) is 0. The number of rotatable bonds is 15. The van der Waals surface area contributed by atoms with Gasteiger partial charge < -0.3 is 9.47 Å². The number of carbonyl (C=O) groups is 1. The molecule has 0 saturated carbocycles. The van der Waals surface area contributed by atoms with Crippen molar-refractivity contribution in [1.29, 1.82) is 0 Å². The number of carbonyl (C=O) groups excluding carboxylic acids is 1. The topological polar surface area (TPSA) is 35.5 Å². The van der Waals surface area contributed by atoms with E-state index in [1.165, 1.54) is 38.5 Å². The maximum Gasteiger partial charge on any atom is 0.343 e. The Morgan fingerprint density at radius 3 is 1.97 bits per heavy atom. The van der Waals surface area contributed by atoms with E-state index in [0.29, 0.717) is 17.9 Å². The molecule has 0 aliphatic carbocycles. The number of hydrogen-bond acceptors (Lipinski definition) is 3. The number of aryl methyl sites for hydroxylation is 1. The number of halogens is 1. The molecule has 3 rings (SSSR count). The van der Waals surface area contributed by atoms with Crippen LogP contribution >= 0.6 is 0 Å². The van der Waals surface area contributed by atoms with Gasteiger partial charge in [-0.15, -0.1) is 0 Å². The van der Waals surface area contributed by atoms with E-state index >= 15 is 0 Å². The molecule has 36 heavy (non-hydrogen) atoms. The van der Waals surface area contributed by atoms with Gasteiger partial charge >= 0.3 is 5.97 Å². The van der Waals surface area contributed by atoms with Crippen molar-refractivity contribution in [3.63, 3.8) is 0 Å². The van der Waals surface area contributed by atoms with Crippen molar-refractivity contribution in [2.24, 2.45) is 0 Å². The van der Waals surface area contributed by atoms with Crippen molar-refractivity contribution in [3.05, 3.63) is 83.7 Å². The van der Waals surface area contributed by atoms with Crippen molar-refractivity contribution in [2.45, 2.75) is 78.1 Å². The number of unbranched alkanes of at least 4 members (excludes halogenated alkanes) is 7. The molecule has 192 valence electrons. The summed E-state index contributed by atoms with van der Waals surface area (Å²) < 4.78 is 25.9. The molecule has 0 aromatic heterocycles. The van der Waals surface area contributed by atoms with Crippen LogP contribution in [0.15, 0.2) is 66.7 Å². The van der Waals surface area contributed by atoms with E-state index in [4.69, 9.17) is 9.47 Å². The van der Waals surface area contributed by atoms with Crippen LogP contribution in [-0.2, 0) is 6.42 Å². The van der Waals surface area contributed by atoms with E-state index in [0.717, 1.165) is 48.1 Å². The van der Waals surface area contributed by atoms with Gasteiger partial charge in [-0.25, -0.2) is 9.18 Å². The Bertz CT molecular complexity index is 1060. The lowest BCUT2D eigenvalue weighted by atomic mass is 9.99. The lowest BCUT2D eigenvalue weighted by molar-refractivity contribution is 0.0734. The summed E-state index contributed by atoms with van der Waals surface area (Å²) in [6.07, 6.45) is 11.2. The molecule has 0 atom stereocenters. The first-order valence-corrected chi connectivity index (χ1v) is 13.4. The molecule has 3 nitrogen and oxygen atoms in total. The predicted molar refractivity (Wildman–Crippen MR) is 145 cm³/mol. The minimum atomic E-state index is -0.431. The maximum absolute atomic E-state index is 14.6. The lowest BCUT2D eigenvalue weighted by Gasteiger charge is -2.09. The highest BCUT2D eigenvalue weighted by molar-refractivity contribution is 5.91. The first-order chi connectivity index (χ1) is 17.6. The van der Waals surface area contributed by atoms with E-state index < -0.39 is 5.97 Å². The van der Waals surface area contributed by atoms with E-state index in [1.54, 1.807) is 30.3 Å². The van der Waals surface area contributed by atoms with Gasteiger partial charge in [0.05, 0.1) is 12.2 Å². The minimum Gasteiger partial charge on any atom is -0.494 e. The lowest BCUT2D eigenvalue weighted by Crippen LogP contribution is -2.08. The van der Waals surface area contributed by atoms with Gasteiger partial charge in [0.15, 0.2) is 0 Å². The molecular weight excluding hydrogens is 451 g/mol. The number of benzene rings is 3. The van der Waals surface area contributed by atoms with Gasteiger partial charge in [0.2, 0.25) is 0 Å². The quantitative estimate of drug-likeness (QED) is 0.121. The summed E-state index contributed by atoms with van der Waals surface area (Å²) in [6, 6.07) is 19.6. The SMILES string of the molecule is CCCCCCCc1ccc(-c2ccc(C(=O)Oc3ccc(OCCCCCC)cc3)cc2)cc1F. The normalized spacial score (nSPS) is 10.9. The second-order valence-corrected chi connectivity index (χ2v) is 9.32. The Balaban J connectivity index is 1.51. The van der Waals surface area contributed by atoms with Crippen molar-refractivity contribution < 1.29 is 18.7 Å². The maximum atomic E-state index is 14.6. The zero-order valence-electron chi connectivity index (χ0n) is 21.7. The first-order valence-electron chi connectivity index (χ1n) is 13.4. The average Bonchev–Trinajstić information content (AvgIpc) is 2.90. The molecule has 0 fully saturated rings. The Morgan fingerprint density at radius 2 is 1.31 bits per heavy atom. The second-order valence-electron chi connectivity index (χ2n) is 9.32. The molecule has 0 unspecified atom stereocenters. The molecule has 0 N–H and O–H groups in total. The van der Waals surface area contributed by atoms with Gasteiger partial charge in [-0.1, -0.05) is 83.1 Å². The van der Waals surface area contributed by atoms with E-state index in [-0.39, 0.29) is 5.82 Å². The Morgan fingerprint density at radius 1 is 0.694 bits per heavy atom. The molecule has 0 bridgehead atoms. The van der Waals surface area contributed by atoms with Crippen molar-refractivity contribution in [2.75, 3.05) is 6.61 Å². The summed E-state index contributed by atoms with van der Waals surface area (Å²) >= 11 is 0. The van der Waals surface area contributed by atoms with E-state index in [9.17, 15) is 9.18 Å². The first kappa shape index (κ1) is 27.4. The summed E-state index contributed by atoms with van der Waals surface area (Å²) in [6.45, 7) is 5.07. The number of esters is 1. The second kappa shape index (κ2) is 15.1. The predicted octanol–water partition coefficient (Wildman–Crippen LogP) is 9.18. The van der Waals surface area contributed by atoms with Crippen molar-refractivity contribution >= 4 is 5.97 Å². The summed E-state index contributed by atoms with van der Waals surface area (Å²) in [5, 5.41) is 0. The van der Waals surface area contributed by atoms with Crippen LogP contribution in [-0.4, -0.2) is 12.6 Å². The zero-order chi connectivity index (χ0) is 25.6. The van der Waals surface area contributed by atoms with Crippen LogP contribution < -0.4 is 9.47 Å². The van der Waals surface area contributed by atoms with Crippen LogP contribution in [0.3, 0.4) is 0 Å². The average molecular weight is 491 g/mol. The third kappa shape index (κ3) is 8.82. The minimum absolute atomic E-state index is 0.167. The van der Waals surface area contributed by atoms with Crippen LogP contribution in [0.1, 0.15) is 87.6 Å². The molecular formula is C32H39FO3. The van der Waals surface area contributed by atoms with Crippen molar-refractivity contribution in [3.8, 4) is 22.6 Å². The third-order valence-electron chi connectivity index (χ3n) is 6.36. The zero-order valence-corrected chi connectivity index (χ0v) is 21.7. The number of ether oxygens (including phenoxy) is 2. The largest absolute Gasteiger partial charge is 0.494 e. The third-order valence-corrected chi connectivity index (χ3v) is 6.36. The highest BCUT2D eigenvalue weighted by atomic mass is 19.1. The molecule has 0 aliphatic heterocycles. The van der Waals surface area contributed by atoms with Gasteiger partial charge in [-0.05, 0) is 78.4 Å². The highest BCUT2D eigenvalue weighted by Crippen LogP contribution is 2.25. The summed E-state index contributed by atoms with van der Waals surface area (Å²) in [4.78, 5) is 12.6. The Hall–Kier alpha value is -3.14. The van der Waals surface area contributed by atoms with Crippen LogP contribution in [0.25, 0.3) is 11.1 Å². The van der Waals surface area contributed by atoms with Gasteiger partial charge in [0, 0.05) is 0 Å². The summed E-state index contributed by atoms with van der Waals surface area (Å²) in [5.41, 5.74) is 2.87. The standard InChI is InChI=1S/C32H39FO3/c1-3-5-7-9-10-12-26-15-18-28(24-31(26)33)25-13-16-27(17-14-25)32(34)36-30-21-19-29(20-22-30)35-23-11-8-6-4-2/h13-22,24H,3-12,23H2,1-2H3. The van der Waals surface area contributed by atoms with E-state index in [1.807, 2.05) is 36.4 Å². The van der Waals surface area contributed by atoms with Crippen LogP contribution in [0, 0.1) is 5.82 Å². The molecule has 0 radical (unpaired) electrons. The van der Waals surface area contributed by atoms with Crippen molar-refractivity contribution in [1.82, 2.24) is 0 Å². The molecule has 0 heterocycles. The molecule has 3 aromatic rings. The van der Waals surface area contributed by atoms with Crippen LogP contribution in [0.5, 0.6) is 11.5 Å². The molecule has 4 heteroatoms. The molecule has 0 saturated heterocycles. The Labute approximate surface area is 215 Å².